The van der Waals surface area contributed by atoms with Crippen LogP contribution in [0.5, 0.6) is 0 Å². The molecule has 0 atom stereocenters. The second kappa shape index (κ2) is 8.11. The van der Waals surface area contributed by atoms with Crippen LogP contribution in [0.4, 0.5) is 20.6 Å². The van der Waals surface area contributed by atoms with E-state index in [2.05, 4.69) is 25.3 Å². The maximum absolute atomic E-state index is 14.3. The standard InChI is InChI=1S/C22H15F2N7O2/c23-14-2-1-3-15(24)13(14)8-17-20(12-4-5-19-28-18(25)11-31(19)10-12)29-22(33-17)30-21(32)16-9-26-6-7-27-16/h1-7,9-11H,8,25H2,(H,29,30,32). The second-order valence-corrected chi connectivity index (χ2v) is 7.06. The number of carbonyl (C=O) groups is 1. The normalized spacial score (nSPS) is 11.1. The molecule has 5 rings (SSSR count). The zero-order valence-electron chi connectivity index (χ0n) is 16.9. The first-order valence-electron chi connectivity index (χ1n) is 9.72. The Hall–Kier alpha value is -4.67. The Labute approximate surface area is 185 Å². The number of anilines is 2. The van der Waals surface area contributed by atoms with Gasteiger partial charge in [-0.25, -0.2) is 18.7 Å². The van der Waals surface area contributed by atoms with E-state index in [1.807, 2.05) is 0 Å². The molecule has 0 fully saturated rings. The number of halogens is 2. The average molecular weight is 447 g/mol. The second-order valence-electron chi connectivity index (χ2n) is 7.06. The van der Waals surface area contributed by atoms with Gasteiger partial charge in [0.05, 0.1) is 12.4 Å². The number of nitrogens with one attached hydrogen (secondary N) is 1. The molecule has 4 aromatic heterocycles. The first kappa shape index (κ1) is 20.2. The molecule has 0 spiro atoms. The number of hydrogen-bond acceptors (Lipinski definition) is 7. The first-order valence-corrected chi connectivity index (χ1v) is 9.72. The van der Waals surface area contributed by atoms with Crippen LogP contribution in [0, 0.1) is 11.6 Å². The molecule has 3 N–H and O–H groups in total. The van der Waals surface area contributed by atoms with Gasteiger partial charge in [0.2, 0.25) is 0 Å². The Morgan fingerprint density at radius 2 is 1.91 bits per heavy atom. The van der Waals surface area contributed by atoms with Crippen LogP contribution in [0.1, 0.15) is 21.8 Å². The van der Waals surface area contributed by atoms with Crippen LogP contribution in [0.15, 0.2) is 65.7 Å². The summed E-state index contributed by atoms with van der Waals surface area (Å²) in [6.07, 6.45) is 7.17. The quantitative estimate of drug-likeness (QED) is 0.423. The summed E-state index contributed by atoms with van der Waals surface area (Å²) in [5.41, 5.74) is 7.08. The predicted octanol–water partition coefficient (Wildman–Crippen LogP) is 3.48. The van der Waals surface area contributed by atoms with Crippen molar-refractivity contribution >= 4 is 23.4 Å². The lowest BCUT2D eigenvalue weighted by Gasteiger charge is -2.05. The van der Waals surface area contributed by atoms with Gasteiger partial charge >= 0.3 is 6.01 Å². The molecule has 164 valence electrons. The summed E-state index contributed by atoms with van der Waals surface area (Å²) in [6.45, 7) is 0. The molecule has 0 saturated heterocycles. The van der Waals surface area contributed by atoms with Crippen molar-refractivity contribution in [2.45, 2.75) is 6.42 Å². The Balaban J connectivity index is 1.57. The van der Waals surface area contributed by atoms with E-state index in [0.29, 0.717) is 22.7 Å². The third kappa shape index (κ3) is 3.99. The molecule has 1 amide bonds. The van der Waals surface area contributed by atoms with Gasteiger partial charge in [0.1, 0.15) is 40.2 Å². The molecule has 4 heterocycles. The number of hydrogen-bond donors (Lipinski definition) is 2. The lowest BCUT2D eigenvalue weighted by Crippen LogP contribution is -2.13. The van der Waals surface area contributed by atoms with Crippen molar-refractivity contribution in [3.8, 4) is 11.3 Å². The van der Waals surface area contributed by atoms with Gasteiger partial charge < -0.3 is 14.6 Å². The summed E-state index contributed by atoms with van der Waals surface area (Å²) in [7, 11) is 0. The van der Waals surface area contributed by atoms with Crippen LogP contribution in [0.25, 0.3) is 16.9 Å². The summed E-state index contributed by atoms with van der Waals surface area (Å²) in [5.74, 6) is -1.56. The van der Waals surface area contributed by atoms with E-state index in [9.17, 15) is 13.6 Å². The minimum atomic E-state index is -0.722. The van der Waals surface area contributed by atoms with E-state index in [1.165, 1.54) is 24.7 Å². The van der Waals surface area contributed by atoms with Crippen LogP contribution < -0.4 is 11.1 Å². The van der Waals surface area contributed by atoms with E-state index in [-0.39, 0.29) is 29.5 Å². The van der Waals surface area contributed by atoms with E-state index in [1.54, 1.807) is 28.9 Å². The Kier molecular flexibility index (Phi) is 4.98. The van der Waals surface area contributed by atoms with Gasteiger partial charge in [-0.3, -0.25) is 15.1 Å². The topological polar surface area (TPSA) is 124 Å². The number of carbonyl (C=O) groups excluding carboxylic acids is 1. The Morgan fingerprint density at radius 1 is 1.09 bits per heavy atom. The highest BCUT2D eigenvalue weighted by Crippen LogP contribution is 2.30. The molecular formula is C22H15F2N7O2. The molecule has 0 aliphatic carbocycles. The fourth-order valence-electron chi connectivity index (χ4n) is 3.34. The maximum atomic E-state index is 14.3. The van der Waals surface area contributed by atoms with Crippen molar-refractivity contribution in [2.75, 3.05) is 11.1 Å². The summed E-state index contributed by atoms with van der Waals surface area (Å²) in [6, 6.07) is 6.87. The SMILES string of the molecule is Nc1cn2cc(-c3nc(NC(=O)c4cnccn4)oc3Cc3c(F)cccc3F)ccc2n1. The number of oxazole rings is 1. The molecule has 0 unspecified atom stereocenters. The van der Waals surface area contributed by atoms with Crippen LogP contribution in [-0.4, -0.2) is 30.2 Å². The van der Waals surface area contributed by atoms with Crippen LogP contribution in [0.2, 0.25) is 0 Å². The number of fused-ring (bicyclic) bond motifs is 1. The third-order valence-electron chi connectivity index (χ3n) is 4.86. The van der Waals surface area contributed by atoms with E-state index >= 15 is 0 Å². The summed E-state index contributed by atoms with van der Waals surface area (Å²) < 4.78 is 36.0. The number of imidazole rings is 1. The van der Waals surface area contributed by atoms with Crippen molar-refractivity contribution in [1.29, 1.82) is 0 Å². The summed E-state index contributed by atoms with van der Waals surface area (Å²) in [5, 5.41) is 2.50. The van der Waals surface area contributed by atoms with Crippen LogP contribution >= 0.6 is 0 Å². The molecule has 1 aromatic carbocycles. The molecular weight excluding hydrogens is 432 g/mol. The van der Waals surface area contributed by atoms with Gasteiger partial charge in [-0.1, -0.05) is 6.07 Å². The van der Waals surface area contributed by atoms with Gasteiger partial charge in [0.15, 0.2) is 0 Å². The molecule has 0 radical (unpaired) electrons. The van der Waals surface area contributed by atoms with E-state index < -0.39 is 17.5 Å². The third-order valence-corrected chi connectivity index (χ3v) is 4.86. The minimum absolute atomic E-state index is 0.0502. The fourth-order valence-corrected chi connectivity index (χ4v) is 3.34. The molecule has 0 aliphatic rings. The largest absolute Gasteiger partial charge is 0.427 e. The van der Waals surface area contributed by atoms with Crippen molar-refractivity contribution in [1.82, 2.24) is 24.3 Å². The fraction of sp³-hybridized carbons (Fsp3) is 0.0455. The van der Waals surface area contributed by atoms with E-state index in [4.69, 9.17) is 10.2 Å². The number of nitrogen functional groups attached to an aromatic ring is 1. The minimum Gasteiger partial charge on any atom is -0.427 e. The molecule has 0 aliphatic heterocycles. The van der Waals surface area contributed by atoms with Crippen molar-refractivity contribution in [3.63, 3.8) is 0 Å². The number of rotatable bonds is 5. The molecule has 5 aromatic rings. The molecule has 11 heteroatoms. The van der Waals surface area contributed by atoms with Crippen LogP contribution in [0.3, 0.4) is 0 Å². The van der Waals surface area contributed by atoms with Gasteiger partial charge in [0, 0.05) is 36.1 Å². The molecule has 0 saturated carbocycles. The maximum Gasteiger partial charge on any atom is 0.302 e. The number of aromatic nitrogens is 5. The van der Waals surface area contributed by atoms with Gasteiger partial charge in [-0.05, 0) is 24.3 Å². The summed E-state index contributed by atoms with van der Waals surface area (Å²) >= 11 is 0. The molecule has 0 bridgehead atoms. The number of benzene rings is 1. The van der Waals surface area contributed by atoms with Gasteiger partial charge in [-0.15, -0.1) is 0 Å². The van der Waals surface area contributed by atoms with Gasteiger partial charge in [0.25, 0.3) is 5.91 Å². The lowest BCUT2D eigenvalue weighted by atomic mass is 10.1. The van der Waals surface area contributed by atoms with Crippen molar-refractivity contribution in [2.24, 2.45) is 0 Å². The number of pyridine rings is 1. The Morgan fingerprint density at radius 3 is 2.67 bits per heavy atom. The monoisotopic (exact) mass is 447 g/mol. The number of nitrogens with zero attached hydrogens (tertiary/aromatic N) is 5. The van der Waals surface area contributed by atoms with Crippen molar-refractivity contribution < 1.29 is 18.0 Å². The summed E-state index contributed by atoms with van der Waals surface area (Å²) in [4.78, 5) is 28.8. The lowest BCUT2D eigenvalue weighted by molar-refractivity contribution is 0.101. The van der Waals surface area contributed by atoms with Crippen LogP contribution in [-0.2, 0) is 6.42 Å². The zero-order chi connectivity index (χ0) is 22.9. The van der Waals surface area contributed by atoms with Gasteiger partial charge in [-0.2, -0.15) is 4.98 Å². The van der Waals surface area contributed by atoms with Crippen molar-refractivity contribution in [3.05, 3.63) is 90.0 Å². The highest BCUT2D eigenvalue weighted by Gasteiger charge is 2.21. The van der Waals surface area contributed by atoms with E-state index in [0.717, 1.165) is 12.1 Å². The number of nitrogens with two attached hydrogens (primary N) is 1. The Bertz CT molecular complexity index is 1460. The molecule has 33 heavy (non-hydrogen) atoms. The predicted molar refractivity (Wildman–Crippen MR) is 114 cm³/mol. The first-order chi connectivity index (χ1) is 16.0. The highest BCUT2D eigenvalue weighted by molar-refractivity contribution is 6.01. The molecule has 9 nitrogen and oxygen atoms in total. The average Bonchev–Trinajstić information content (AvgIpc) is 3.38. The highest BCUT2D eigenvalue weighted by atomic mass is 19.1. The number of amides is 1. The smallest absolute Gasteiger partial charge is 0.302 e. The zero-order valence-corrected chi connectivity index (χ0v) is 16.9.